The van der Waals surface area contributed by atoms with Gasteiger partial charge in [-0.3, -0.25) is 4.79 Å². The largest absolute Gasteiger partial charge is 0.406 e. The number of hydrogen-bond acceptors (Lipinski definition) is 3. The third kappa shape index (κ3) is 2.11. The fourth-order valence-corrected chi connectivity index (χ4v) is 0.831. The molecule has 68 valence electrons. The second-order valence-corrected chi connectivity index (χ2v) is 2.33. The average Bonchev–Trinajstić information content (AvgIpc) is 2.06. The quantitative estimate of drug-likeness (QED) is 0.604. The molecule has 0 unspecified atom stereocenters. The molecule has 0 aromatic carbocycles. The highest BCUT2D eigenvalue weighted by atomic mass is 19.4. The Morgan fingerprint density at radius 3 is 2.50 bits per heavy atom. The molecule has 0 bridgehead atoms. The van der Waals surface area contributed by atoms with E-state index >= 15 is 0 Å². The van der Waals surface area contributed by atoms with Gasteiger partial charge in [-0.1, -0.05) is 0 Å². The zero-order valence-electron chi connectivity index (χ0n) is 5.93. The van der Waals surface area contributed by atoms with E-state index in [2.05, 4.69) is 4.99 Å². The van der Waals surface area contributed by atoms with Crippen LogP contribution >= 0.6 is 0 Å². The maximum atomic E-state index is 11.7. The minimum Gasteiger partial charge on any atom is -0.369 e. The van der Waals surface area contributed by atoms with E-state index in [0.29, 0.717) is 4.90 Å². The van der Waals surface area contributed by atoms with Gasteiger partial charge < -0.3 is 10.6 Å². The van der Waals surface area contributed by atoms with Crippen LogP contribution in [0, 0.1) is 0 Å². The van der Waals surface area contributed by atoms with E-state index < -0.39 is 18.6 Å². The molecule has 7 heteroatoms. The van der Waals surface area contributed by atoms with Crippen molar-refractivity contribution in [3.8, 4) is 0 Å². The smallest absolute Gasteiger partial charge is 0.369 e. The molecule has 0 aromatic rings. The molecule has 12 heavy (non-hydrogen) atoms. The summed E-state index contributed by atoms with van der Waals surface area (Å²) in [6.07, 6.45) is -4.36. The van der Waals surface area contributed by atoms with Gasteiger partial charge in [0.2, 0.25) is 0 Å². The topological polar surface area (TPSA) is 58.7 Å². The first-order valence-electron chi connectivity index (χ1n) is 3.07. The summed E-state index contributed by atoms with van der Waals surface area (Å²) in [4.78, 5) is 14.3. The molecule has 1 aliphatic rings. The number of nitrogens with two attached hydrogens (primary N) is 1. The maximum Gasteiger partial charge on any atom is 0.406 e. The summed E-state index contributed by atoms with van der Waals surface area (Å²) in [5.74, 6) is -1.01. The molecule has 1 heterocycles. The van der Waals surface area contributed by atoms with Gasteiger partial charge in [-0.2, -0.15) is 18.2 Å². The summed E-state index contributed by atoms with van der Waals surface area (Å²) < 4.78 is 35.2. The van der Waals surface area contributed by atoms with E-state index in [1.807, 2.05) is 0 Å². The third-order valence-corrected chi connectivity index (χ3v) is 1.26. The molecule has 1 amide bonds. The van der Waals surface area contributed by atoms with Crippen molar-refractivity contribution in [3.05, 3.63) is 0 Å². The number of alkyl halides is 3. The summed E-state index contributed by atoms with van der Waals surface area (Å²) in [6, 6.07) is 0. The SMILES string of the molecule is NC1=NC(=O)CN1CC(F)(F)F. The number of hydrogen-bond donors (Lipinski definition) is 1. The molecule has 0 aliphatic carbocycles. The number of carbonyl (C=O) groups is 1. The molecule has 0 aromatic heterocycles. The van der Waals surface area contributed by atoms with Gasteiger partial charge in [-0.15, -0.1) is 0 Å². The molecular formula is C5H6F3N3O. The second kappa shape index (κ2) is 2.65. The van der Waals surface area contributed by atoms with Crippen molar-refractivity contribution >= 4 is 11.9 Å². The van der Waals surface area contributed by atoms with Crippen molar-refractivity contribution < 1.29 is 18.0 Å². The molecule has 0 fully saturated rings. The Bertz CT molecular complexity index is 235. The van der Waals surface area contributed by atoms with Crippen LogP contribution in [-0.4, -0.2) is 36.0 Å². The molecule has 2 N–H and O–H groups in total. The lowest BCUT2D eigenvalue weighted by Gasteiger charge is -2.17. The van der Waals surface area contributed by atoms with Crippen LogP contribution in [0.5, 0.6) is 0 Å². The van der Waals surface area contributed by atoms with Crippen molar-refractivity contribution in [1.82, 2.24) is 4.90 Å². The van der Waals surface area contributed by atoms with Crippen molar-refractivity contribution in [2.75, 3.05) is 13.1 Å². The number of aliphatic imine (C=N–C) groups is 1. The van der Waals surface area contributed by atoms with Gasteiger partial charge in [0.15, 0.2) is 5.96 Å². The molecule has 1 aliphatic heterocycles. The summed E-state index contributed by atoms with van der Waals surface area (Å²) in [7, 11) is 0. The standard InChI is InChI=1S/C5H6F3N3O/c6-5(7,8)2-11-1-3(12)10-4(11)9/h1-2H2,(H2,9,10,12). The normalized spacial score (nSPS) is 18.4. The monoisotopic (exact) mass is 181 g/mol. The highest BCUT2D eigenvalue weighted by Gasteiger charge is 2.34. The Labute approximate surface area is 65.8 Å². The fraction of sp³-hybridized carbons (Fsp3) is 0.600. The van der Waals surface area contributed by atoms with Crippen molar-refractivity contribution in [2.45, 2.75) is 6.18 Å². The molecular weight excluding hydrogens is 175 g/mol. The molecule has 0 saturated carbocycles. The summed E-state index contributed by atoms with van der Waals surface area (Å²) >= 11 is 0. The molecule has 0 saturated heterocycles. The van der Waals surface area contributed by atoms with E-state index in [1.54, 1.807) is 0 Å². The first-order chi connectivity index (χ1) is 5.38. The van der Waals surface area contributed by atoms with E-state index in [1.165, 1.54) is 0 Å². The number of carbonyl (C=O) groups excluding carboxylic acids is 1. The van der Waals surface area contributed by atoms with Crippen LogP contribution in [0.15, 0.2) is 4.99 Å². The zero-order chi connectivity index (χ0) is 9.35. The van der Waals surface area contributed by atoms with E-state index in [9.17, 15) is 18.0 Å². The fourth-order valence-electron chi connectivity index (χ4n) is 0.831. The van der Waals surface area contributed by atoms with Crippen molar-refractivity contribution in [3.63, 3.8) is 0 Å². The van der Waals surface area contributed by atoms with Gasteiger partial charge in [0, 0.05) is 0 Å². The van der Waals surface area contributed by atoms with Gasteiger partial charge in [0.05, 0.1) is 0 Å². The van der Waals surface area contributed by atoms with Crippen LogP contribution < -0.4 is 5.73 Å². The van der Waals surface area contributed by atoms with E-state index in [-0.39, 0.29) is 12.5 Å². The summed E-state index contributed by atoms with van der Waals surface area (Å²) in [6.45, 7) is -1.61. The Morgan fingerprint density at radius 2 is 2.17 bits per heavy atom. The lowest BCUT2D eigenvalue weighted by Crippen LogP contribution is -2.40. The lowest BCUT2D eigenvalue weighted by atomic mass is 10.5. The number of amides is 1. The van der Waals surface area contributed by atoms with Crippen LogP contribution in [0.3, 0.4) is 0 Å². The van der Waals surface area contributed by atoms with Gasteiger partial charge in [-0.25, -0.2) is 0 Å². The Balaban J connectivity index is 2.57. The maximum absolute atomic E-state index is 11.7. The Hall–Kier alpha value is -1.27. The average molecular weight is 181 g/mol. The van der Waals surface area contributed by atoms with Crippen LogP contribution in [0.1, 0.15) is 0 Å². The molecule has 0 spiro atoms. The first-order valence-corrected chi connectivity index (χ1v) is 3.07. The molecule has 4 nitrogen and oxygen atoms in total. The van der Waals surface area contributed by atoms with Crippen LogP contribution in [-0.2, 0) is 4.79 Å². The second-order valence-electron chi connectivity index (χ2n) is 2.33. The Morgan fingerprint density at radius 1 is 1.58 bits per heavy atom. The van der Waals surface area contributed by atoms with Crippen molar-refractivity contribution in [1.29, 1.82) is 0 Å². The first kappa shape index (κ1) is 8.82. The molecule has 0 atom stereocenters. The molecule has 0 radical (unpaired) electrons. The van der Waals surface area contributed by atoms with Crippen LogP contribution in [0.4, 0.5) is 13.2 Å². The highest BCUT2D eigenvalue weighted by molar-refractivity contribution is 5.99. The predicted octanol–water partition coefficient (Wildman–Crippen LogP) is -0.294. The summed E-state index contributed by atoms with van der Waals surface area (Å²) in [5, 5.41) is 0. The third-order valence-electron chi connectivity index (χ3n) is 1.26. The number of nitrogens with zero attached hydrogens (tertiary/aromatic N) is 2. The molecule has 1 rings (SSSR count). The predicted molar refractivity (Wildman–Crippen MR) is 34.3 cm³/mol. The van der Waals surface area contributed by atoms with Gasteiger partial charge in [0.25, 0.3) is 5.91 Å². The van der Waals surface area contributed by atoms with Gasteiger partial charge in [-0.05, 0) is 0 Å². The number of guanidine groups is 1. The van der Waals surface area contributed by atoms with Crippen molar-refractivity contribution in [2.24, 2.45) is 10.7 Å². The van der Waals surface area contributed by atoms with Gasteiger partial charge >= 0.3 is 6.18 Å². The van der Waals surface area contributed by atoms with Gasteiger partial charge in [0.1, 0.15) is 13.1 Å². The lowest BCUT2D eigenvalue weighted by molar-refractivity contribution is -0.138. The van der Waals surface area contributed by atoms with E-state index in [4.69, 9.17) is 5.73 Å². The van der Waals surface area contributed by atoms with E-state index in [0.717, 1.165) is 0 Å². The number of rotatable bonds is 1. The Kier molecular flexibility index (Phi) is 1.95. The minimum atomic E-state index is -4.36. The number of halogens is 3. The highest BCUT2D eigenvalue weighted by Crippen LogP contribution is 2.17. The van der Waals surface area contributed by atoms with Crippen LogP contribution in [0.2, 0.25) is 0 Å². The zero-order valence-corrected chi connectivity index (χ0v) is 5.93. The minimum absolute atomic E-state index is 0.364. The summed E-state index contributed by atoms with van der Waals surface area (Å²) in [5.41, 5.74) is 5.03. The van der Waals surface area contributed by atoms with Crippen LogP contribution in [0.25, 0.3) is 0 Å².